The van der Waals surface area contributed by atoms with Gasteiger partial charge in [-0.2, -0.15) is 18.3 Å². The zero-order chi connectivity index (χ0) is 20.3. The third-order valence-electron chi connectivity index (χ3n) is 4.38. The second kappa shape index (κ2) is 8.09. The number of carbonyl (C=O) groups excluding carboxylic acids is 1. The highest BCUT2D eigenvalue weighted by Crippen LogP contribution is 2.30. The highest BCUT2D eigenvalue weighted by molar-refractivity contribution is 5.99. The summed E-state index contributed by atoms with van der Waals surface area (Å²) in [4.78, 5) is 14.2. The number of nitrogens with one attached hydrogen (secondary N) is 1. The zero-order valence-electron chi connectivity index (χ0n) is 15.5. The standard InChI is InChI=1S/C18H21F3N4O3/c1-24-10-13(9-23-24)25-6-5-14(17(25)26)22-8-12-3-4-15(16(7-12)27-2)28-11-18(19,20)21/h3-4,7,9-10,14,22H,5-6,8,11H2,1-2H3. The lowest BCUT2D eigenvalue weighted by molar-refractivity contribution is -0.153. The molecule has 28 heavy (non-hydrogen) atoms. The van der Waals surface area contributed by atoms with Crippen LogP contribution >= 0.6 is 0 Å². The van der Waals surface area contributed by atoms with Crippen LogP contribution in [-0.2, 0) is 18.4 Å². The molecule has 1 fully saturated rings. The van der Waals surface area contributed by atoms with Crippen LogP contribution in [0.25, 0.3) is 0 Å². The minimum atomic E-state index is -4.42. The molecule has 1 N–H and O–H groups in total. The van der Waals surface area contributed by atoms with Crippen LogP contribution in [0.1, 0.15) is 12.0 Å². The Balaban J connectivity index is 1.59. The summed E-state index contributed by atoms with van der Waals surface area (Å²) in [7, 11) is 3.15. The minimum absolute atomic E-state index is 0.0169. The Morgan fingerprint density at radius 1 is 1.32 bits per heavy atom. The van der Waals surface area contributed by atoms with Crippen molar-refractivity contribution in [1.29, 1.82) is 0 Å². The molecule has 1 saturated heterocycles. The van der Waals surface area contributed by atoms with E-state index in [4.69, 9.17) is 9.47 Å². The van der Waals surface area contributed by atoms with Gasteiger partial charge < -0.3 is 19.7 Å². The third-order valence-corrected chi connectivity index (χ3v) is 4.38. The second-order valence-electron chi connectivity index (χ2n) is 6.47. The Morgan fingerprint density at radius 2 is 2.11 bits per heavy atom. The van der Waals surface area contributed by atoms with E-state index in [9.17, 15) is 18.0 Å². The third kappa shape index (κ3) is 4.75. The smallest absolute Gasteiger partial charge is 0.422 e. The predicted molar refractivity (Wildman–Crippen MR) is 95.3 cm³/mol. The molecule has 0 radical (unpaired) electrons. The molecule has 1 aromatic carbocycles. The van der Waals surface area contributed by atoms with Crippen LogP contribution in [-0.4, -0.2) is 48.2 Å². The van der Waals surface area contributed by atoms with Gasteiger partial charge in [-0.05, 0) is 24.1 Å². The number of aryl methyl sites for hydroxylation is 1. The fraction of sp³-hybridized carbons (Fsp3) is 0.444. The fourth-order valence-corrected chi connectivity index (χ4v) is 3.02. The number of nitrogens with zero attached hydrogens (tertiary/aromatic N) is 3. The normalized spacial score (nSPS) is 17.2. The van der Waals surface area contributed by atoms with Crippen molar-refractivity contribution in [1.82, 2.24) is 15.1 Å². The highest BCUT2D eigenvalue weighted by Gasteiger charge is 2.33. The lowest BCUT2D eigenvalue weighted by atomic mass is 10.1. The van der Waals surface area contributed by atoms with Crippen molar-refractivity contribution in [3.8, 4) is 11.5 Å². The number of aromatic nitrogens is 2. The SMILES string of the molecule is COc1cc(CNC2CCN(c3cnn(C)c3)C2=O)ccc1OCC(F)(F)F. The van der Waals surface area contributed by atoms with Gasteiger partial charge in [-0.1, -0.05) is 6.07 Å². The number of ether oxygens (including phenoxy) is 2. The maximum atomic E-state index is 12.6. The summed E-state index contributed by atoms with van der Waals surface area (Å²) in [5.74, 6) is 0.187. The van der Waals surface area contributed by atoms with Crippen LogP contribution in [0.2, 0.25) is 0 Å². The van der Waals surface area contributed by atoms with Crippen molar-refractivity contribution in [3.63, 3.8) is 0 Å². The van der Waals surface area contributed by atoms with Gasteiger partial charge in [0.2, 0.25) is 5.91 Å². The molecule has 0 spiro atoms. The van der Waals surface area contributed by atoms with Crippen LogP contribution < -0.4 is 19.7 Å². The molecular formula is C18H21F3N4O3. The molecule has 0 aliphatic carbocycles. The average Bonchev–Trinajstić information content (AvgIpc) is 3.23. The number of carbonyl (C=O) groups is 1. The summed E-state index contributed by atoms with van der Waals surface area (Å²) in [5, 5.41) is 7.26. The van der Waals surface area contributed by atoms with Gasteiger partial charge in [0.25, 0.3) is 0 Å². The lowest BCUT2D eigenvalue weighted by Crippen LogP contribution is -2.37. The van der Waals surface area contributed by atoms with E-state index >= 15 is 0 Å². The summed E-state index contributed by atoms with van der Waals surface area (Å²) in [5.41, 5.74) is 1.52. The summed E-state index contributed by atoms with van der Waals surface area (Å²) in [6.07, 6.45) is -0.346. The van der Waals surface area contributed by atoms with Gasteiger partial charge in [-0.3, -0.25) is 9.48 Å². The van der Waals surface area contributed by atoms with Crippen LogP contribution in [0.15, 0.2) is 30.6 Å². The molecule has 2 aromatic rings. The van der Waals surface area contributed by atoms with E-state index in [1.54, 1.807) is 41.2 Å². The van der Waals surface area contributed by atoms with E-state index in [1.807, 2.05) is 0 Å². The van der Waals surface area contributed by atoms with Gasteiger partial charge in [-0.15, -0.1) is 0 Å². The van der Waals surface area contributed by atoms with Gasteiger partial charge in [0, 0.05) is 26.3 Å². The van der Waals surface area contributed by atoms with Crippen molar-refractivity contribution in [3.05, 3.63) is 36.2 Å². The molecule has 0 saturated carbocycles. The van der Waals surface area contributed by atoms with Crippen molar-refractivity contribution >= 4 is 11.6 Å². The molecule has 1 aromatic heterocycles. The first kappa shape index (κ1) is 20.0. The molecule has 7 nitrogen and oxygen atoms in total. The number of amides is 1. The molecule has 152 valence electrons. The number of benzene rings is 1. The molecule has 1 aliphatic heterocycles. The molecule has 0 bridgehead atoms. The first-order valence-electron chi connectivity index (χ1n) is 8.66. The van der Waals surface area contributed by atoms with Crippen LogP contribution in [0.3, 0.4) is 0 Å². The first-order chi connectivity index (χ1) is 13.3. The Morgan fingerprint density at radius 3 is 2.75 bits per heavy atom. The molecule has 1 atom stereocenters. The van der Waals surface area contributed by atoms with E-state index in [0.717, 1.165) is 11.3 Å². The Labute approximate surface area is 160 Å². The van der Waals surface area contributed by atoms with Crippen molar-refractivity contribution in [2.24, 2.45) is 7.05 Å². The number of hydrogen-bond donors (Lipinski definition) is 1. The summed E-state index contributed by atoms with van der Waals surface area (Å²) < 4.78 is 48.5. The van der Waals surface area contributed by atoms with E-state index in [1.165, 1.54) is 13.2 Å². The number of halogens is 3. The molecule has 3 rings (SSSR count). The van der Waals surface area contributed by atoms with E-state index < -0.39 is 12.8 Å². The number of hydrogen-bond acceptors (Lipinski definition) is 5. The summed E-state index contributed by atoms with van der Waals surface area (Å²) in [6, 6.07) is 4.32. The van der Waals surface area contributed by atoms with Gasteiger partial charge in [0.15, 0.2) is 18.1 Å². The van der Waals surface area contributed by atoms with Crippen molar-refractivity contribution < 1.29 is 27.4 Å². The molecule has 1 aliphatic rings. The van der Waals surface area contributed by atoms with Gasteiger partial charge >= 0.3 is 6.18 Å². The Hall–Kier alpha value is -2.75. The average molecular weight is 398 g/mol. The molecule has 10 heteroatoms. The molecular weight excluding hydrogens is 377 g/mol. The number of methoxy groups -OCH3 is 1. The Kier molecular flexibility index (Phi) is 5.78. The maximum absolute atomic E-state index is 12.6. The number of rotatable bonds is 7. The molecule has 1 unspecified atom stereocenters. The van der Waals surface area contributed by atoms with Gasteiger partial charge in [-0.25, -0.2) is 0 Å². The number of anilines is 1. The van der Waals surface area contributed by atoms with E-state index in [2.05, 4.69) is 10.4 Å². The van der Waals surface area contributed by atoms with Crippen molar-refractivity contribution in [2.45, 2.75) is 25.2 Å². The highest BCUT2D eigenvalue weighted by atomic mass is 19.4. The predicted octanol–water partition coefficient (Wildman–Crippen LogP) is 2.26. The van der Waals surface area contributed by atoms with E-state index in [0.29, 0.717) is 19.5 Å². The summed E-state index contributed by atoms with van der Waals surface area (Å²) >= 11 is 0. The molecule has 2 heterocycles. The minimum Gasteiger partial charge on any atom is -0.493 e. The van der Waals surface area contributed by atoms with Gasteiger partial charge in [0.1, 0.15) is 0 Å². The quantitative estimate of drug-likeness (QED) is 0.775. The van der Waals surface area contributed by atoms with Crippen LogP contribution in [0, 0.1) is 0 Å². The second-order valence-corrected chi connectivity index (χ2v) is 6.47. The monoisotopic (exact) mass is 398 g/mol. The Bertz CT molecular complexity index is 838. The number of alkyl halides is 3. The fourth-order valence-electron chi connectivity index (χ4n) is 3.02. The zero-order valence-corrected chi connectivity index (χ0v) is 15.5. The van der Waals surface area contributed by atoms with E-state index in [-0.39, 0.29) is 23.4 Å². The lowest BCUT2D eigenvalue weighted by Gasteiger charge is -2.16. The molecule has 1 amide bonds. The topological polar surface area (TPSA) is 68.6 Å². The first-order valence-corrected chi connectivity index (χ1v) is 8.66. The van der Waals surface area contributed by atoms with Gasteiger partial charge in [0.05, 0.1) is 25.0 Å². The maximum Gasteiger partial charge on any atom is 0.422 e. The largest absolute Gasteiger partial charge is 0.493 e. The van der Waals surface area contributed by atoms with Crippen LogP contribution in [0.5, 0.6) is 11.5 Å². The van der Waals surface area contributed by atoms with Crippen LogP contribution in [0.4, 0.5) is 18.9 Å². The van der Waals surface area contributed by atoms with Crippen molar-refractivity contribution in [2.75, 3.05) is 25.2 Å². The summed E-state index contributed by atoms with van der Waals surface area (Å²) in [6.45, 7) is -0.426.